The summed E-state index contributed by atoms with van der Waals surface area (Å²) in [5, 5.41) is 4.56. The number of hydrogen-bond acceptors (Lipinski definition) is 7. The van der Waals surface area contributed by atoms with E-state index in [0.29, 0.717) is 15.1 Å². The number of carbonyl (C=O) groups is 1. The van der Waals surface area contributed by atoms with Crippen molar-refractivity contribution in [3.8, 4) is 5.75 Å². The molecular formula is C24H26N4O4S. The number of esters is 1. The highest BCUT2D eigenvalue weighted by atomic mass is 32.1. The van der Waals surface area contributed by atoms with Gasteiger partial charge in [-0.3, -0.25) is 18.8 Å². The number of aryl methyl sites for hydroxylation is 2. The van der Waals surface area contributed by atoms with E-state index in [4.69, 9.17) is 14.5 Å². The number of nitrogens with zero attached hydrogens (tertiary/aromatic N) is 4. The number of thiazole rings is 1. The molecule has 0 unspecified atom stereocenters. The van der Waals surface area contributed by atoms with E-state index in [1.54, 1.807) is 18.4 Å². The van der Waals surface area contributed by atoms with Crippen molar-refractivity contribution in [1.29, 1.82) is 0 Å². The zero-order valence-corrected chi connectivity index (χ0v) is 20.1. The Morgan fingerprint density at radius 3 is 2.76 bits per heavy atom. The van der Waals surface area contributed by atoms with Gasteiger partial charge in [-0.15, -0.1) is 0 Å². The molecule has 0 saturated heterocycles. The van der Waals surface area contributed by atoms with Crippen LogP contribution < -0.4 is 19.6 Å². The van der Waals surface area contributed by atoms with Crippen molar-refractivity contribution in [1.82, 2.24) is 14.3 Å². The minimum Gasteiger partial charge on any atom is -0.466 e. The molecule has 2 bridgehead atoms. The zero-order chi connectivity index (χ0) is 23.5. The number of ether oxygens (including phenoxy) is 2. The van der Waals surface area contributed by atoms with Crippen molar-refractivity contribution in [2.75, 3.05) is 6.61 Å². The highest BCUT2D eigenvalue weighted by Crippen LogP contribution is 2.47. The molecule has 172 valence electrons. The van der Waals surface area contributed by atoms with Crippen LogP contribution in [0.25, 0.3) is 6.08 Å². The van der Waals surface area contributed by atoms with Gasteiger partial charge in [0.2, 0.25) is 5.72 Å². The molecule has 0 spiro atoms. The van der Waals surface area contributed by atoms with Crippen LogP contribution in [0, 0.1) is 19.8 Å². The first-order valence-electron chi connectivity index (χ1n) is 11.1. The van der Waals surface area contributed by atoms with E-state index >= 15 is 0 Å². The number of rotatable bonds is 4. The highest BCUT2D eigenvalue weighted by Gasteiger charge is 2.55. The van der Waals surface area contributed by atoms with Gasteiger partial charge in [0.05, 0.1) is 22.9 Å². The van der Waals surface area contributed by atoms with Gasteiger partial charge in [-0.1, -0.05) is 29.5 Å². The molecule has 2 aliphatic rings. The standard InChI is InChI=1S/C24H26N4O4S/c1-6-27-14(4)16(13(3)26-27)12-18-21(29)28-20-15-10-8-9-11-17(15)32-24(5,25-23(28)33-18)19(20)22(30)31-7-2/h8-12,19-20H,6-7H2,1-5H3/b18-12+/t19-,20-,24-/m1/s1. The smallest absolute Gasteiger partial charge is 0.317 e. The molecule has 4 heterocycles. The number of aromatic nitrogens is 3. The van der Waals surface area contributed by atoms with Crippen LogP contribution in [0.3, 0.4) is 0 Å². The fourth-order valence-corrected chi connectivity index (χ4v) is 5.98. The lowest BCUT2D eigenvalue weighted by molar-refractivity contribution is -0.160. The predicted octanol–water partition coefficient (Wildman–Crippen LogP) is 2.08. The normalized spacial score (nSPS) is 23.4. The third-order valence-corrected chi connectivity index (χ3v) is 7.42. The molecule has 0 amide bonds. The summed E-state index contributed by atoms with van der Waals surface area (Å²) < 4.78 is 15.7. The first-order chi connectivity index (χ1) is 15.8. The highest BCUT2D eigenvalue weighted by molar-refractivity contribution is 7.07. The molecule has 1 aromatic carbocycles. The summed E-state index contributed by atoms with van der Waals surface area (Å²) in [5.74, 6) is -0.570. The molecule has 3 aromatic rings. The Hall–Kier alpha value is -3.20. The summed E-state index contributed by atoms with van der Waals surface area (Å²) in [6, 6.07) is 6.94. The summed E-state index contributed by atoms with van der Waals surface area (Å²) in [6.45, 7) is 10.5. The van der Waals surface area contributed by atoms with Crippen molar-refractivity contribution in [2.24, 2.45) is 10.9 Å². The van der Waals surface area contributed by atoms with E-state index in [1.807, 2.05) is 55.8 Å². The van der Waals surface area contributed by atoms with Gasteiger partial charge in [-0.05, 0) is 46.8 Å². The van der Waals surface area contributed by atoms with Crippen LogP contribution in [0.5, 0.6) is 5.75 Å². The van der Waals surface area contributed by atoms with Crippen LogP contribution in [-0.2, 0) is 16.1 Å². The van der Waals surface area contributed by atoms with Gasteiger partial charge in [0.1, 0.15) is 11.7 Å². The van der Waals surface area contributed by atoms with Crippen molar-refractivity contribution in [3.63, 3.8) is 0 Å². The second-order valence-electron chi connectivity index (χ2n) is 8.45. The Kier molecular flexibility index (Phi) is 5.04. The van der Waals surface area contributed by atoms with Crippen LogP contribution in [-0.4, -0.2) is 32.6 Å². The van der Waals surface area contributed by atoms with Crippen LogP contribution in [0.2, 0.25) is 0 Å². The Morgan fingerprint density at radius 1 is 1.30 bits per heavy atom. The molecule has 0 radical (unpaired) electrons. The van der Waals surface area contributed by atoms with E-state index < -0.39 is 23.7 Å². The van der Waals surface area contributed by atoms with Gasteiger partial charge in [-0.2, -0.15) is 5.10 Å². The fraction of sp³-hybridized carbons (Fsp3) is 0.417. The quantitative estimate of drug-likeness (QED) is 0.550. The third kappa shape index (κ3) is 3.17. The minimum absolute atomic E-state index is 0.181. The molecule has 2 aromatic heterocycles. The zero-order valence-electron chi connectivity index (χ0n) is 19.3. The lowest BCUT2D eigenvalue weighted by atomic mass is 9.81. The Bertz CT molecular complexity index is 1450. The number of fused-ring (bicyclic) bond motifs is 6. The molecule has 0 saturated carbocycles. The van der Waals surface area contributed by atoms with E-state index in [-0.39, 0.29) is 12.2 Å². The van der Waals surface area contributed by atoms with E-state index in [1.165, 1.54) is 11.3 Å². The van der Waals surface area contributed by atoms with E-state index in [2.05, 4.69) is 5.10 Å². The lowest BCUT2D eigenvalue weighted by Gasteiger charge is -2.44. The number of carbonyl (C=O) groups excluding carboxylic acids is 1. The number of benzene rings is 1. The average molecular weight is 467 g/mol. The maximum Gasteiger partial charge on any atom is 0.317 e. The molecule has 8 nitrogen and oxygen atoms in total. The van der Waals surface area contributed by atoms with Gasteiger partial charge < -0.3 is 9.47 Å². The molecule has 0 fully saturated rings. The molecule has 5 rings (SSSR count). The Labute approximate surface area is 194 Å². The van der Waals surface area contributed by atoms with Crippen molar-refractivity contribution in [2.45, 2.75) is 52.9 Å². The largest absolute Gasteiger partial charge is 0.466 e. The summed E-state index contributed by atoms with van der Waals surface area (Å²) >= 11 is 1.31. The lowest BCUT2D eigenvalue weighted by Crippen LogP contribution is -2.58. The monoisotopic (exact) mass is 466 g/mol. The maximum absolute atomic E-state index is 13.7. The summed E-state index contributed by atoms with van der Waals surface area (Å²) in [6.07, 6.45) is 1.89. The van der Waals surface area contributed by atoms with Gasteiger partial charge >= 0.3 is 5.97 Å². The van der Waals surface area contributed by atoms with Crippen molar-refractivity contribution in [3.05, 3.63) is 66.5 Å². The number of hydrogen-bond donors (Lipinski definition) is 0. The molecule has 9 heteroatoms. The molecular weight excluding hydrogens is 440 g/mol. The topological polar surface area (TPSA) is 87.7 Å². The molecule has 0 N–H and O–H groups in total. The molecule has 2 aliphatic heterocycles. The fourth-order valence-electron chi connectivity index (χ4n) is 4.90. The van der Waals surface area contributed by atoms with Gasteiger partial charge in [0, 0.05) is 23.4 Å². The van der Waals surface area contributed by atoms with Crippen LogP contribution in [0.1, 0.15) is 49.3 Å². The Balaban J connectivity index is 1.78. The van der Waals surface area contributed by atoms with Gasteiger partial charge in [0.25, 0.3) is 5.56 Å². The molecule has 3 atom stereocenters. The maximum atomic E-state index is 13.7. The van der Waals surface area contributed by atoms with E-state index in [0.717, 1.165) is 29.1 Å². The van der Waals surface area contributed by atoms with Gasteiger partial charge in [0.15, 0.2) is 4.80 Å². The summed E-state index contributed by atoms with van der Waals surface area (Å²) in [7, 11) is 0. The predicted molar refractivity (Wildman–Crippen MR) is 124 cm³/mol. The summed E-state index contributed by atoms with van der Waals surface area (Å²) in [4.78, 5) is 32.1. The van der Waals surface area contributed by atoms with Crippen LogP contribution in [0.4, 0.5) is 0 Å². The Morgan fingerprint density at radius 2 is 2.06 bits per heavy atom. The minimum atomic E-state index is -1.17. The molecule has 0 aliphatic carbocycles. The SMILES string of the molecule is CCOC(=O)[C@H]1[C@H]2c3ccccc3O[C@@]1(C)N=c1s/c(=C/c3c(C)nn(CC)c3C)c(=O)n12. The van der Waals surface area contributed by atoms with E-state index in [9.17, 15) is 9.59 Å². The average Bonchev–Trinajstić information content (AvgIpc) is 3.22. The third-order valence-electron chi connectivity index (χ3n) is 6.43. The van der Waals surface area contributed by atoms with Crippen LogP contribution >= 0.6 is 11.3 Å². The first-order valence-corrected chi connectivity index (χ1v) is 11.9. The van der Waals surface area contributed by atoms with Crippen molar-refractivity contribution < 1.29 is 14.3 Å². The number of para-hydroxylation sites is 1. The van der Waals surface area contributed by atoms with Gasteiger partial charge in [-0.25, -0.2) is 4.99 Å². The second kappa shape index (κ2) is 7.69. The van der Waals surface area contributed by atoms with Crippen LogP contribution in [0.15, 0.2) is 34.1 Å². The summed E-state index contributed by atoms with van der Waals surface area (Å²) in [5.41, 5.74) is 2.23. The molecule has 33 heavy (non-hydrogen) atoms. The first kappa shape index (κ1) is 21.6. The second-order valence-corrected chi connectivity index (χ2v) is 9.46. The van der Waals surface area contributed by atoms with Crippen molar-refractivity contribution >= 4 is 23.4 Å².